The molecule has 0 aliphatic carbocycles. The van der Waals surface area contributed by atoms with E-state index in [0.717, 1.165) is 11.4 Å². The van der Waals surface area contributed by atoms with Crippen LogP contribution in [-0.4, -0.2) is 30.6 Å². The average molecular weight is 249 g/mol. The molecule has 1 heterocycles. The van der Waals surface area contributed by atoms with Crippen LogP contribution in [0.25, 0.3) is 0 Å². The van der Waals surface area contributed by atoms with Crippen LogP contribution >= 0.6 is 0 Å². The molecule has 0 spiro atoms. The van der Waals surface area contributed by atoms with Gasteiger partial charge in [-0.25, -0.2) is 0 Å². The van der Waals surface area contributed by atoms with Crippen molar-refractivity contribution >= 4 is 17.4 Å². The first-order valence-corrected chi connectivity index (χ1v) is 5.57. The van der Waals surface area contributed by atoms with Gasteiger partial charge in [0, 0.05) is 24.6 Å². The number of nitrogens with two attached hydrogens (primary N) is 1. The topological polar surface area (TPSA) is 88.2 Å². The summed E-state index contributed by atoms with van der Waals surface area (Å²) in [6.07, 6.45) is 0.266. The first-order chi connectivity index (χ1) is 8.65. The summed E-state index contributed by atoms with van der Waals surface area (Å²) in [5.41, 5.74) is 6.31. The Labute approximate surface area is 105 Å². The Balaban J connectivity index is 2.16. The molecule has 1 atom stereocenters. The Kier molecular flexibility index (Phi) is 3.36. The lowest BCUT2D eigenvalue weighted by Crippen LogP contribution is -2.28. The van der Waals surface area contributed by atoms with Gasteiger partial charge in [-0.05, 0) is 24.3 Å². The summed E-state index contributed by atoms with van der Waals surface area (Å²) < 4.78 is 5.06. The fraction of sp³-hybridized carbons (Fsp3) is 0.333. The molecule has 6 heteroatoms. The van der Waals surface area contributed by atoms with E-state index in [0.29, 0.717) is 6.54 Å². The van der Waals surface area contributed by atoms with Crippen molar-refractivity contribution < 1.29 is 14.7 Å². The van der Waals surface area contributed by atoms with Gasteiger partial charge in [-0.3, -0.25) is 4.79 Å². The van der Waals surface area contributed by atoms with Crippen LogP contribution in [0.1, 0.15) is 6.42 Å². The first-order valence-electron chi connectivity index (χ1n) is 5.57. The van der Waals surface area contributed by atoms with Crippen LogP contribution in [0.15, 0.2) is 29.4 Å². The van der Waals surface area contributed by atoms with Crippen molar-refractivity contribution in [1.82, 2.24) is 0 Å². The predicted octanol–water partition coefficient (Wildman–Crippen LogP) is 0.794. The molecule has 1 amide bonds. The van der Waals surface area contributed by atoms with E-state index in [9.17, 15) is 4.79 Å². The molecule has 1 aliphatic rings. The predicted molar refractivity (Wildman–Crippen MR) is 66.9 cm³/mol. The molecule has 1 fully saturated rings. The van der Waals surface area contributed by atoms with Gasteiger partial charge in [0.15, 0.2) is 0 Å². The van der Waals surface area contributed by atoms with E-state index in [1.54, 1.807) is 24.1 Å². The molecule has 0 aromatic heterocycles. The maximum absolute atomic E-state index is 11.9. The van der Waals surface area contributed by atoms with Gasteiger partial charge in [-0.2, -0.15) is 0 Å². The first kappa shape index (κ1) is 12.2. The van der Waals surface area contributed by atoms with Crippen LogP contribution in [0, 0.1) is 5.92 Å². The molecule has 3 N–H and O–H groups in total. The summed E-state index contributed by atoms with van der Waals surface area (Å²) >= 11 is 0. The van der Waals surface area contributed by atoms with E-state index < -0.39 is 0 Å². The number of rotatable bonds is 3. The van der Waals surface area contributed by atoms with E-state index >= 15 is 0 Å². The van der Waals surface area contributed by atoms with Gasteiger partial charge in [0.1, 0.15) is 11.6 Å². The second-order valence-electron chi connectivity index (χ2n) is 4.13. The number of ether oxygens (including phenoxy) is 1. The number of hydrogen-bond donors (Lipinski definition) is 2. The molecule has 1 aromatic carbocycles. The van der Waals surface area contributed by atoms with Crippen LogP contribution in [0.5, 0.6) is 5.75 Å². The van der Waals surface area contributed by atoms with E-state index in [2.05, 4.69) is 5.16 Å². The number of nitrogens with zero attached hydrogens (tertiary/aromatic N) is 2. The highest BCUT2D eigenvalue weighted by molar-refractivity contribution is 6.01. The summed E-state index contributed by atoms with van der Waals surface area (Å²) in [4.78, 5) is 13.5. The molecule has 1 aliphatic heterocycles. The minimum atomic E-state index is -0.232. The van der Waals surface area contributed by atoms with Crippen LogP contribution in [0.4, 0.5) is 5.69 Å². The third kappa shape index (κ3) is 2.22. The third-order valence-corrected chi connectivity index (χ3v) is 3.04. The Bertz CT molecular complexity index is 470. The molecule has 0 saturated carbocycles. The highest BCUT2D eigenvalue weighted by Crippen LogP contribution is 2.26. The Morgan fingerprint density at radius 3 is 2.72 bits per heavy atom. The lowest BCUT2D eigenvalue weighted by molar-refractivity contribution is -0.117. The molecule has 18 heavy (non-hydrogen) atoms. The van der Waals surface area contributed by atoms with Crippen molar-refractivity contribution in [3.63, 3.8) is 0 Å². The largest absolute Gasteiger partial charge is 0.497 e. The fourth-order valence-electron chi connectivity index (χ4n) is 2.00. The van der Waals surface area contributed by atoms with Gasteiger partial charge < -0.3 is 20.6 Å². The molecule has 1 aromatic rings. The number of carbonyl (C=O) groups is 1. The third-order valence-electron chi connectivity index (χ3n) is 3.04. The zero-order valence-electron chi connectivity index (χ0n) is 10.0. The average Bonchev–Trinajstić information content (AvgIpc) is 2.80. The van der Waals surface area contributed by atoms with E-state index in [1.165, 1.54) is 0 Å². The van der Waals surface area contributed by atoms with Crippen molar-refractivity contribution in [2.75, 3.05) is 18.6 Å². The van der Waals surface area contributed by atoms with Crippen LogP contribution in [0.3, 0.4) is 0 Å². The minimum Gasteiger partial charge on any atom is -0.497 e. The van der Waals surface area contributed by atoms with Gasteiger partial charge in [0.2, 0.25) is 5.91 Å². The summed E-state index contributed by atoms with van der Waals surface area (Å²) in [6, 6.07) is 7.20. The van der Waals surface area contributed by atoms with E-state index in [4.69, 9.17) is 15.7 Å². The standard InChI is InChI=1S/C12H15N3O3/c1-18-10-4-2-9(3-5-10)15-7-8(6-11(15)16)12(13)14-17/h2-5,8,17H,6-7H2,1H3,(H2,13,14)/t8-/m1/s1. The molecule has 0 radical (unpaired) electrons. The van der Waals surface area contributed by atoms with Gasteiger partial charge >= 0.3 is 0 Å². The molecular weight excluding hydrogens is 234 g/mol. The van der Waals surface area contributed by atoms with E-state index in [-0.39, 0.29) is 24.1 Å². The molecule has 6 nitrogen and oxygen atoms in total. The quantitative estimate of drug-likeness (QED) is 0.359. The summed E-state index contributed by atoms with van der Waals surface area (Å²) in [5.74, 6) is 0.569. The number of methoxy groups -OCH3 is 1. The summed E-state index contributed by atoms with van der Waals surface area (Å²) in [5, 5.41) is 11.6. The number of hydrogen-bond acceptors (Lipinski definition) is 4. The highest BCUT2D eigenvalue weighted by Gasteiger charge is 2.33. The summed E-state index contributed by atoms with van der Waals surface area (Å²) in [6.45, 7) is 0.432. The zero-order chi connectivity index (χ0) is 13.1. The summed E-state index contributed by atoms with van der Waals surface area (Å²) in [7, 11) is 1.59. The van der Waals surface area contributed by atoms with Crippen molar-refractivity contribution in [3.05, 3.63) is 24.3 Å². The minimum absolute atomic E-state index is 0.0308. The molecule has 96 valence electrons. The molecular formula is C12H15N3O3. The van der Waals surface area contributed by atoms with Gasteiger partial charge in [0.05, 0.1) is 7.11 Å². The lowest BCUT2D eigenvalue weighted by Gasteiger charge is -2.16. The monoisotopic (exact) mass is 249 g/mol. The van der Waals surface area contributed by atoms with Crippen LogP contribution in [0.2, 0.25) is 0 Å². The highest BCUT2D eigenvalue weighted by atomic mass is 16.5. The van der Waals surface area contributed by atoms with Gasteiger partial charge in [0.25, 0.3) is 0 Å². The van der Waals surface area contributed by atoms with Gasteiger partial charge in [-0.1, -0.05) is 5.16 Å². The zero-order valence-corrected chi connectivity index (χ0v) is 10.0. The normalized spacial score (nSPS) is 20.3. The lowest BCUT2D eigenvalue weighted by atomic mass is 10.1. The van der Waals surface area contributed by atoms with Crippen molar-refractivity contribution in [2.24, 2.45) is 16.8 Å². The number of anilines is 1. The molecule has 0 bridgehead atoms. The maximum atomic E-state index is 11.9. The van der Waals surface area contributed by atoms with Crippen molar-refractivity contribution in [3.8, 4) is 5.75 Å². The number of amidine groups is 1. The number of amides is 1. The SMILES string of the molecule is COc1ccc(N2C[C@H](/C(N)=N\O)CC2=O)cc1. The Hall–Kier alpha value is -2.24. The Morgan fingerprint density at radius 2 is 2.17 bits per heavy atom. The van der Waals surface area contributed by atoms with Gasteiger partial charge in [-0.15, -0.1) is 0 Å². The van der Waals surface area contributed by atoms with Crippen molar-refractivity contribution in [1.29, 1.82) is 0 Å². The number of carbonyl (C=O) groups excluding carboxylic acids is 1. The number of benzene rings is 1. The maximum Gasteiger partial charge on any atom is 0.227 e. The van der Waals surface area contributed by atoms with E-state index in [1.807, 2.05) is 12.1 Å². The van der Waals surface area contributed by atoms with Crippen LogP contribution in [-0.2, 0) is 4.79 Å². The van der Waals surface area contributed by atoms with Crippen molar-refractivity contribution in [2.45, 2.75) is 6.42 Å². The second-order valence-corrected chi connectivity index (χ2v) is 4.13. The fourth-order valence-corrected chi connectivity index (χ4v) is 2.00. The molecule has 0 unspecified atom stereocenters. The smallest absolute Gasteiger partial charge is 0.227 e. The number of oxime groups is 1. The molecule has 1 saturated heterocycles. The van der Waals surface area contributed by atoms with Crippen LogP contribution < -0.4 is 15.4 Å². The molecule has 2 rings (SSSR count). The second kappa shape index (κ2) is 4.95. The Morgan fingerprint density at radius 1 is 1.50 bits per heavy atom.